The molecule has 0 radical (unpaired) electrons. The molecule has 0 aliphatic heterocycles. The zero-order valence-electron chi connectivity index (χ0n) is 6.84. The molecule has 0 fully saturated rings. The van der Waals surface area contributed by atoms with Gasteiger partial charge in [-0.3, -0.25) is 5.10 Å². The summed E-state index contributed by atoms with van der Waals surface area (Å²) in [6.07, 6.45) is 2.87. The number of hydrogen-bond donors (Lipinski definition) is 1. The third-order valence-electron chi connectivity index (χ3n) is 2.45. The predicted octanol–water partition coefficient (Wildman–Crippen LogP) is 2.74. The van der Waals surface area contributed by atoms with E-state index >= 15 is 0 Å². The first-order valence-electron chi connectivity index (χ1n) is 4.16. The summed E-state index contributed by atoms with van der Waals surface area (Å²) in [6, 6.07) is 6.30. The van der Waals surface area contributed by atoms with Crippen molar-refractivity contribution < 1.29 is 0 Å². The monoisotopic (exact) mass is 234 g/mol. The minimum absolute atomic E-state index is 0.976. The lowest BCUT2D eigenvalue weighted by Crippen LogP contribution is -1.82. The van der Waals surface area contributed by atoms with Crippen molar-refractivity contribution >= 4 is 15.9 Å². The highest BCUT2D eigenvalue weighted by Gasteiger charge is 2.21. The van der Waals surface area contributed by atoms with E-state index in [-0.39, 0.29) is 0 Å². The zero-order chi connectivity index (χ0) is 8.84. The Hall–Kier alpha value is -1.09. The van der Waals surface area contributed by atoms with E-state index in [4.69, 9.17) is 0 Å². The molecule has 3 heteroatoms. The smallest absolute Gasteiger partial charge is 0.0569 e. The van der Waals surface area contributed by atoms with Crippen LogP contribution in [0.3, 0.4) is 0 Å². The van der Waals surface area contributed by atoms with Crippen LogP contribution in [0.15, 0.2) is 28.9 Å². The molecule has 0 saturated heterocycles. The molecule has 13 heavy (non-hydrogen) atoms. The Balaban J connectivity index is 2.37. The third-order valence-corrected chi connectivity index (χ3v) is 3.12. The molecule has 2 nitrogen and oxygen atoms in total. The van der Waals surface area contributed by atoms with Gasteiger partial charge in [0, 0.05) is 27.7 Å². The molecule has 1 heterocycles. The van der Waals surface area contributed by atoms with Gasteiger partial charge in [0.2, 0.25) is 0 Å². The fourth-order valence-electron chi connectivity index (χ4n) is 1.87. The van der Waals surface area contributed by atoms with E-state index in [0.717, 1.165) is 10.9 Å². The highest BCUT2D eigenvalue weighted by molar-refractivity contribution is 9.10. The van der Waals surface area contributed by atoms with E-state index < -0.39 is 0 Å². The number of aromatic nitrogens is 2. The predicted molar refractivity (Wildman–Crippen MR) is 54.5 cm³/mol. The summed E-state index contributed by atoms with van der Waals surface area (Å²) >= 11 is 3.56. The van der Waals surface area contributed by atoms with Crippen molar-refractivity contribution in [3.8, 4) is 11.1 Å². The van der Waals surface area contributed by atoms with Crippen LogP contribution in [0.5, 0.6) is 0 Å². The molecule has 0 bridgehead atoms. The van der Waals surface area contributed by atoms with Crippen molar-refractivity contribution in [3.63, 3.8) is 0 Å². The maximum absolute atomic E-state index is 4.04. The van der Waals surface area contributed by atoms with E-state index in [0.29, 0.717) is 0 Å². The first-order valence-corrected chi connectivity index (χ1v) is 4.95. The fourth-order valence-corrected chi connectivity index (χ4v) is 2.49. The summed E-state index contributed by atoms with van der Waals surface area (Å²) < 4.78 is 1.16. The molecule has 0 saturated carbocycles. The molecule has 1 N–H and O–H groups in total. The second kappa shape index (κ2) is 2.45. The number of halogens is 1. The molecular weight excluding hydrogens is 228 g/mol. The fraction of sp³-hybridized carbons (Fsp3) is 0.100. The Kier molecular flexibility index (Phi) is 1.38. The van der Waals surface area contributed by atoms with Gasteiger partial charge in [0.05, 0.1) is 6.20 Å². The van der Waals surface area contributed by atoms with Crippen LogP contribution in [-0.2, 0) is 6.42 Å². The van der Waals surface area contributed by atoms with E-state index in [2.05, 4.69) is 44.3 Å². The van der Waals surface area contributed by atoms with Crippen molar-refractivity contribution in [3.05, 3.63) is 40.1 Å². The van der Waals surface area contributed by atoms with Crippen molar-refractivity contribution in [2.24, 2.45) is 0 Å². The summed E-state index contributed by atoms with van der Waals surface area (Å²) in [5, 5.41) is 7.06. The van der Waals surface area contributed by atoms with Crippen LogP contribution in [0.1, 0.15) is 11.3 Å². The van der Waals surface area contributed by atoms with Crippen LogP contribution >= 0.6 is 15.9 Å². The van der Waals surface area contributed by atoms with Crippen molar-refractivity contribution in [1.29, 1.82) is 0 Å². The van der Waals surface area contributed by atoms with Crippen LogP contribution in [0, 0.1) is 0 Å². The lowest BCUT2D eigenvalue weighted by molar-refractivity contribution is 1.01. The summed E-state index contributed by atoms with van der Waals surface area (Å²) in [4.78, 5) is 0. The largest absolute Gasteiger partial charge is 0.282 e. The van der Waals surface area contributed by atoms with Crippen LogP contribution in [0.2, 0.25) is 0 Å². The molecule has 3 rings (SSSR count). The molecule has 1 aromatic carbocycles. The number of aromatic amines is 1. The van der Waals surface area contributed by atoms with E-state index in [1.807, 2.05) is 6.20 Å². The number of H-pyrrole nitrogens is 1. The van der Waals surface area contributed by atoms with Gasteiger partial charge in [-0.25, -0.2) is 0 Å². The molecule has 1 aliphatic rings. The van der Waals surface area contributed by atoms with Crippen LogP contribution in [-0.4, -0.2) is 10.2 Å². The lowest BCUT2D eigenvalue weighted by atomic mass is 10.1. The Morgan fingerprint density at radius 3 is 3.23 bits per heavy atom. The molecule has 0 unspecified atom stereocenters. The quantitative estimate of drug-likeness (QED) is 0.637. The maximum Gasteiger partial charge on any atom is 0.0569 e. The lowest BCUT2D eigenvalue weighted by Gasteiger charge is -2.00. The number of benzene rings is 1. The first-order chi connectivity index (χ1) is 6.36. The maximum atomic E-state index is 4.04. The van der Waals surface area contributed by atoms with Crippen molar-refractivity contribution in [2.45, 2.75) is 6.42 Å². The van der Waals surface area contributed by atoms with Gasteiger partial charge >= 0.3 is 0 Å². The summed E-state index contributed by atoms with van der Waals surface area (Å²) in [6.45, 7) is 0. The highest BCUT2D eigenvalue weighted by Crippen LogP contribution is 2.39. The van der Waals surface area contributed by atoms with Gasteiger partial charge in [-0.05, 0) is 11.6 Å². The second-order valence-corrected chi connectivity index (χ2v) is 4.07. The Morgan fingerprint density at radius 1 is 1.38 bits per heavy atom. The minimum atomic E-state index is 0.976. The van der Waals surface area contributed by atoms with E-state index in [9.17, 15) is 0 Å². The average Bonchev–Trinajstić information content (AvgIpc) is 2.62. The molecule has 1 aromatic heterocycles. The first kappa shape index (κ1) is 7.33. The van der Waals surface area contributed by atoms with Gasteiger partial charge in [0.15, 0.2) is 0 Å². The third kappa shape index (κ3) is 0.907. The van der Waals surface area contributed by atoms with Gasteiger partial charge in [0.1, 0.15) is 0 Å². The average molecular weight is 235 g/mol. The molecule has 2 aromatic rings. The van der Waals surface area contributed by atoms with E-state index in [1.165, 1.54) is 22.4 Å². The van der Waals surface area contributed by atoms with E-state index in [1.54, 1.807) is 0 Å². The van der Waals surface area contributed by atoms with Crippen LogP contribution < -0.4 is 0 Å². The number of nitrogens with zero attached hydrogens (tertiary/aromatic N) is 1. The molecule has 0 amide bonds. The Bertz CT molecular complexity index is 474. The van der Waals surface area contributed by atoms with Gasteiger partial charge in [-0.1, -0.05) is 28.1 Å². The van der Waals surface area contributed by atoms with Gasteiger partial charge in [-0.2, -0.15) is 5.10 Å². The van der Waals surface area contributed by atoms with Crippen molar-refractivity contribution in [1.82, 2.24) is 10.2 Å². The number of rotatable bonds is 0. The molecule has 1 aliphatic carbocycles. The number of nitrogens with one attached hydrogen (secondary N) is 1. The molecule has 0 spiro atoms. The standard InChI is InChI=1S/C10H7BrN2/c11-8-3-1-2-6-4-9-7(10(6)8)5-12-13-9/h1-3,5H,4H2,(H,12,13). The second-order valence-electron chi connectivity index (χ2n) is 3.21. The Morgan fingerprint density at radius 2 is 2.31 bits per heavy atom. The number of hydrogen-bond acceptors (Lipinski definition) is 1. The Labute approximate surface area is 84.1 Å². The van der Waals surface area contributed by atoms with Gasteiger partial charge in [-0.15, -0.1) is 0 Å². The number of fused-ring (bicyclic) bond motifs is 3. The van der Waals surface area contributed by atoms with Gasteiger partial charge in [0.25, 0.3) is 0 Å². The molecule has 64 valence electrons. The molecule has 0 atom stereocenters. The highest BCUT2D eigenvalue weighted by atomic mass is 79.9. The van der Waals surface area contributed by atoms with Crippen LogP contribution in [0.4, 0.5) is 0 Å². The summed E-state index contributed by atoms with van der Waals surface area (Å²) in [5.41, 5.74) is 5.13. The SMILES string of the molecule is Brc1cccc2c1-c1cn[nH]c1C2. The normalized spacial score (nSPS) is 12.7. The zero-order valence-corrected chi connectivity index (χ0v) is 8.43. The topological polar surface area (TPSA) is 28.7 Å². The summed E-state index contributed by atoms with van der Waals surface area (Å²) in [5.74, 6) is 0. The molecular formula is C10H7BrN2. The minimum Gasteiger partial charge on any atom is -0.282 e. The van der Waals surface area contributed by atoms with Crippen molar-refractivity contribution in [2.75, 3.05) is 0 Å². The summed E-state index contributed by atoms with van der Waals surface area (Å²) in [7, 11) is 0. The van der Waals surface area contributed by atoms with Gasteiger partial charge < -0.3 is 0 Å². The van der Waals surface area contributed by atoms with Crippen LogP contribution in [0.25, 0.3) is 11.1 Å².